The van der Waals surface area contributed by atoms with Crippen molar-refractivity contribution in [1.29, 1.82) is 0 Å². The Morgan fingerprint density at radius 1 is 1.35 bits per heavy atom. The summed E-state index contributed by atoms with van der Waals surface area (Å²) in [5.41, 5.74) is 0. The number of carbonyl (C=O) groups excluding carboxylic acids is 1. The maximum atomic E-state index is 12.0. The second-order valence-corrected chi connectivity index (χ2v) is 5.66. The number of alkyl halides is 2. The molecule has 1 amide bonds. The molecule has 4 nitrogen and oxygen atoms in total. The van der Waals surface area contributed by atoms with Crippen molar-refractivity contribution in [3.05, 3.63) is 0 Å². The molecule has 20 heavy (non-hydrogen) atoms. The van der Waals surface area contributed by atoms with Crippen LogP contribution in [0.3, 0.4) is 0 Å². The van der Waals surface area contributed by atoms with Crippen LogP contribution in [0.15, 0.2) is 0 Å². The molecule has 2 heterocycles. The largest absolute Gasteiger partial charge is 0.375 e. The predicted molar refractivity (Wildman–Crippen MR) is 71.8 cm³/mol. The zero-order valence-electron chi connectivity index (χ0n) is 11.8. The minimum Gasteiger partial charge on any atom is -0.375 e. The molecule has 0 saturated carbocycles. The molecule has 2 rings (SSSR count). The molecule has 2 atom stereocenters. The third kappa shape index (κ3) is 4.66. The average Bonchev–Trinajstić information content (AvgIpc) is 2.97. The van der Waals surface area contributed by atoms with E-state index >= 15 is 0 Å². The van der Waals surface area contributed by atoms with E-state index < -0.39 is 13.0 Å². The van der Waals surface area contributed by atoms with Crippen LogP contribution >= 0.6 is 0 Å². The lowest BCUT2D eigenvalue weighted by Gasteiger charge is -2.36. The van der Waals surface area contributed by atoms with Gasteiger partial charge in [0.05, 0.1) is 13.0 Å². The number of piperidine rings is 1. The summed E-state index contributed by atoms with van der Waals surface area (Å²) in [6, 6.07) is 0.542. The van der Waals surface area contributed by atoms with Crippen LogP contribution in [0.4, 0.5) is 8.78 Å². The minimum atomic E-state index is -2.46. The fourth-order valence-electron chi connectivity index (χ4n) is 3.17. The SMILES string of the molecule is O=C(CCOCC(F)F)N1CCCC(C2CCCN2)C1. The number of halogens is 2. The van der Waals surface area contributed by atoms with E-state index in [0.29, 0.717) is 12.0 Å². The molecule has 2 fully saturated rings. The summed E-state index contributed by atoms with van der Waals surface area (Å²) in [6.45, 7) is 2.17. The monoisotopic (exact) mass is 290 g/mol. The van der Waals surface area contributed by atoms with E-state index in [0.717, 1.165) is 26.1 Å². The van der Waals surface area contributed by atoms with Gasteiger partial charge in [0.1, 0.15) is 6.61 Å². The van der Waals surface area contributed by atoms with Crippen molar-refractivity contribution in [2.45, 2.75) is 44.6 Å². The summed E-state index contributed by atoms with van der Waals surface area (Å²) in [5, 5.41) is 3.50. The van der Waals surface area contributed by atoms with Crippen molar-refractivity contribution in [1.82, 2.24) is 10.2 Å². The number of likely N-dealkylation sites (tertiary alicyclic amines) is 1. The topological polar surface area (TPSA) is 41.6 Å². The number of carbonyl (C=O) groups is 1. The highest BCUT2D eigenvalue weighted by atomic mass is 19.3. The Morgan fingerprint density at radius 3 is 2.90 bits per heavy atom. The van der Waals surface area contributed by atoms with Crippen LogP contribution in [-0.2, 0) is 9.53 Å². The van der Waals surface area contributed by atoms with Gasteiger partial charge < -0.3 is 15.0 Å². The molecule has 0 aromatic rings. The lowest BCUT2D eigenvalue weighted by Crippen LogP contribution is -2.46. The molecular weight excluding hydrogens is 266 g/mol. The van der Waals surface area contributed by atoms with Crippen LogP contribution in [0.5, 0.6) is 0 Å². The van der Waals surface area contributed by atoms with Gasteiger partial charge >= 0.3 is 0 Å². The van der Waals surface area contributed by atoms with E-state index in [9.17, 15) is 13.6 Å². The summed E-state index contributed by atoms with van der Waals surface area (Å²) < 4.78 is 28.6. The van der Waals surface area contributed by atoms with Crippen molar-refractivity contribution in [3.8, 4) is 0 Å². The van der Waals surface area contributed by atoms with Gasteiger partial charge in [-0.1, -0.05) is 0 Å². The van der Waals surface area contributed by atoms with E-state index in [1.807, 2.05) is 4.90 Å². The number of hydrogen-bond donors (Lipinski definition) is 1. The van der Waals surface area contributed by atoms with Crippen LogP contribution in [0.25, 0.3) is 0 Å². The normalized spacial score (nSPS) is 27.2. The molecule has 1 N–H and O–H groups in total. The fourth-order valence-corrected chi connectivity index (χ4v) is 3.17. The zero-order chi connectivity index (χ0) is 14.4. The maximum absolute atomic E-state index is 12.0. The van der Waals surface area contributed by atoms with Gasteiger partial charge in [-0.15, -0.1) is 0 Å². The summed E-state index contributed by atoms with van der Waals surface area (Å²) in [7, 11) is 0. The second kappa shape index (κ2) is 7.88. The first-order chi connectivity index (χ1) is 9.66. The Kier molecular flexibility index (Phi) is 6.16. The molecule has 0 bridgehead atoms. The summed E-state index contributed by atoms with van der Waals surface area (Å²) in [4.78, 5) is 13.9. The van der Waals surface area contributed by atoms with Gasteiger partial charge in [0, 0.05) is 19.1 Å². The van der Waals surface area contributed by atoms with Gasteiger partial charge in [-0.25, -0.2) is 8.78 Å². The molecule has 2 unspecified atom stereocenters. The zero-order valence-corrected chi connectivity index (χ0v) is 11.8. The van der Waals surface area contributed by atoms with Gasteiger partial charge in [-0.3, -0.25) is 4.79 Å². The van der Waals surface area contributed by atoms with Crippen LogP contribution in [0.1, 0.15) is 32.1 Å². The van der Waals surface area contributed by atoms with Crippen LogP contribution in [0.2, 0.25) is 0 Å². The molecule has 2 aliphatic rings. The smallest absolute Gasteiger partial charge is 0.261 e. The molecule has 0 radical (unpaired) electrons. The van der Waals surface area contributed by atoms with E-state index in [-0.39, 0.29) is 18.9 Å². The third-order valence-electron chi connectivity index (χ3n) is 4.18. The molecule has 0 spiro atoms. The summed E-state index contributed by atoms with van der Waals surface area (Å²) in [5.74, 6) is 0.569. The molecule has 116 valence electrons. The highest BCUT2D eigenvalue weighted by Crippen LogP contribution is 2.25. The van der Waals surface area contributed by atoms with Crippen LogP contribution in [0, 0.1) is 5.92 Å². The number of nitrogens with one attached hydrogen (secondary N) is 1. The number of rotatable bonds is 6. The van der Waals surface area contributed by atoms with Crippen molar-refractivity contribution in [2.24, 2.45) is 5.92 Å². The Labute approximate surface area is 118 Å². The summed E-state index contributed by atoms with van der Waals surface area (Å²) in [6.07, 6.45) is 2.37. The highest BCUT2D eigenvalue weighted by molar-refractivity contribution is 5.76. The number of ether oxygens (including phenoxy) is 1. The van der Waals surface area contributed by atoms with Crippen molar-refractivity contribution in [2.75, 3.05) is 32.8 Å². The molecule has 6 heteroatoms. The number of amides is 1. The first-order valence-electron chi connectivity index (χ1n) is 7.54. The van der Waals surface area contributed by atoms with Gasteiger partial charge in [-0.05, 0) is 38.1 Å². The lowest BCUT2D eigenvalue weighted by atomic mass is 9.89. The molecule has 0 aromatic carbocycles. The van der Waals surface area contributed by atoms with Crippen molar-refractivity contribution >= 4 is 5.91 Å². The van der Waals surface area contributed by atoms with Crippen molar-refractivity contribution in [3.63, 3.8) is 0 Å². The van der Waals surface area contributed by atoms with Gasteiger partial charge in [0.15, 0.2) is 0 Å². The van der Waals surface area contributed by atoms with E-state index in [1.165, 1.54) is 19.3 Å². The average molecular weight is 290 g/mol. The van der Waals surface area contributed by atoms with E-state index in [1.54, 1.807) is 0 Å². The molecular formula is C14H24F2N2O2. The van der Waals surface area contributed by atoms with Crippen LogP contribution in [-0.4, -0.2) is 56.1 Å². The maximum Gasteiger partial charge on any atom is 0.261 e. The molecule has 2 saturated heterocycles. The van der Waals surface area contributed by atoms with Gasteiger partial charge in [0.25, 0.3) is 6.43 Å². The first kappa shape index (κ1) is 15.6. The predicted octanol–water partition coefficient (Wildman–Crippen LogP) is 1.65. The van der Waals surface area contributed by atoms with Crippen molar-refractivity contribution < 1.29 is 18.3 Å². The van der Waals surface area contributed by atoms with E-state index in [4.69, 9.17) is 4.74 Å². The minimum absolute atomic E-state index is 0.0296. The van der Waals surface area contributed by atoms with Gasteiger partial charge in [-0.2, -0.15) is 0 Å². The molecule has 2 aliphatic heterocycles. The molecule has 0 aliphatic carbocycles. The summed E-state index contributed by atoms with van der Waals surface area (Å²) >= 11 is 0. The van der Waals surface area contributed by atoms with Crippen LogP contribution < -0.4 is 5.32 Å². The number of nitrogens with zero attached hydrogens (tertiary/aromatic N) is 1. The second-order valence-electron chi connectivity index (χ2n) is 5.66. The Morgan fingerprint density at radius 2 is 2.20 bits per heavy atom. The Balaban J connectivity index is 1.69. The molecule has 0 aromatic heterocycles. The lowest BCUT2D eigenvalue weighted by molar-refractivity contribution is -0.134. The first-order valence-corrected chi connectivity index (χ1v) is 7.54. The fraction of sp³-hybridized carbons (Fsp3) is 0.929. The highest BCUT2D eigenvalue weighted by Gasteiger charge is 2.30. The third-order valence-corrected chi connectivity index (χ3v) is 4.18. The van der Waals surface area contributed by atoms with Gasteiger partial charge in [0.2, 0.25) is 5.91 Å². The number of hydrogen-bond acceptors (Lipinski definition) is 3. The quantitative estimate of drug-likeness (QED) is 0.756. The standard InChI is InChI=1S/C14H24F2N2O2/c15-13(16)10-20-8-5-14(19)18-7-2-3-11(9-18)12-4-1-6-17-12/h11-13,17H,1-10H2. The Hall–Kier alpha value is -0.750. The Bertz CT molecular complexity index is 310. The van der Waals surface area contributed by atoms with E-state index in [2.05, 4.69) is 5.32 Å².